The van der Waals surface area contributed by atoms with Crippen LogP contribution in [0.2, 0.25) is 0 Å². The SMILES string of the molecule is O=C(Nc1cnc(-c2ccc(C(F)(F)F)cc2)nc1)C1CCOC1. The topological polar surface area (TPSA) is 64.1 Å². The number of benzene rings is 1. The molecule has 1 aliphatic heterocycles. The van der Waals surface area contributed by atoms with E-state index in [1.165, 1.54) is 24.5 Å². The standard InChI is InChI=1S/C16H14F3N3O2/c17-16(18,19)12-3-1-10(2-4-12)14-20-7-13(8-21-14)22-15(23)11-5-6-24-9-11/h1-4,7-8,11H,5-6,9H2,(H,22,23). The zero-order valence-electron chi connectivity index (χ0n) is 12.5. The molecule has 1 saturated heterocycles. The van der Waals surface area contributed by atoms with Gasteiger partial charge in [-0.25, -0.2) is 9.97 Å². The van der Waals surface area contributed by atoms with Crippen LogP contribution in [0.25, 0.3) is 11.4 Å². The lowest BCUT2D eigenvalue weighted by Gasteiger charge is -2.09. The number of alkyl halides is 3. The summed E-state index contributed by atoms with van der Waals surface area (Å²) in [6.07, 6.45) is -0.852. The van der Waals surface area contributed by atoms with Crippen LogP contribution >= 0.6 is 0 Å². The van der Waals surface area contributed by atoms with Crippen molar-refractivity contribution < 1.29 is 22.7 Å². The molecule has 8 heteroatoms. The smallest absolute Gasteiger partial charge is 0.381 e. The number of nitrogens with one attached hydrogen (secondary N) is 1. The number of carbonyl (C=O) groups is 1. The molecule has 5 nitrogen and oxygen atoms in total. The molecular weight excluding hydrogens is 323 g/mol. The molecule has 0 spiro atoms. The molecule has 1 aliphatic rings. The summed E-state index contributed by atoms with van der Waals surface area (Å²) >= 11 is 0. The highest BCUT2D eigenvalue weighted by molar-refractivity contribution is 5.92. The van der Waals surface area contributed by atoms with Gasteiger partial charge in [0.05, 0.1) is 36.2 Å². The third-order valence-electron chi connectivity index (χ3n) is 3.69. The van der Waals surface area contributed by atoms with Gasteiger partial charge in [0, 0.05) is 12.2 Å². The van der Waals surface area contributed by atoms with E-state index in [1.54, 1.807) is 0 Å². The first-order chi connectivity index (χ1) is 11.4. The molecule has 1 unspecified atom stereocenters. The molecule has 126 valence electrons. The molecule has 1 atom stereocenters. The van der Waals surface area contributed by atoms with E-state index in [2.05, 4.69) is 15.3 Å². The third kappa shape index (κ3) is 3.70. The molecule has 3 rings (SSSR count). The molecule has 1 N–H and O–H groups in total. The van der Waals surface area contributed by atoms with Crippen LogP contribution in [0.1, 0.15) is 12.0 Å². The van der Waals surface area contributed by atoms with Crippen molar-refractivity contribution in [3.05, 3.63) is 42.2 Å². The Morgan fingerprint density at radius 3 is 2.38 bits per heavy atom. The van der Waals surface area contributed by atoms with Crippen LogP contribution in [-0.2, 0) is 15.7 Å². The number of amides is 1. The quantitative estimate of drug-likeness (QED) is 0.935. The monoisotopic (exact) mass is 337 g/mol. The van der Waals surface area contributed by atoms with Crippen molar-refractivity contribution in [1.29, 1.82) is 0 Å². The van der Waals surface area contributed by atoms with Gasteiger partial charge in [0.15, 0.2) is 5.82 Å². The first kappa shape index (κ1) is 16.4. The number of hydrogen-bond acceptors (Lipinski definition) is 4. The van der Waals surface area contributed by atoms with Crippen molar-refractivity contribution in [2.45, 2.75) is 12.6 Å². The van der Waals surface area contributed by atoms with Gasteiger partial charge in [0.25, 0.3) is 0 Å². The van der Waals surface area contributed by atoms with Crippen LogP contribution in [0.5, 0.6) is 0 Å². The van der Waals surface area contributed by atoms with Gasteiger partial charge in [-0.1, -0.05) is 12.1 Å². The van der Waals surface area contributed by atoms with Gasteiger partial charge in [0.1, 0.15) is 0 Å². The zero-order valence-corrected chi connectivity index (χ0v) is 12.5. The van der Waals surface area contributed by atoms with Gasteiger partial charge >= 0.3 is 6.18 Å². The van der Waals surface area contributed by atoms with Crippen molar-refractivity contribution in [3.63, 3.8) is 0 Å². The maximum Gasteiger partial charge on any atom is 0.416 e. The molecule has 1 fully saturated rings. The Hall–Kier alpha value is -2.48. The predicted molar refractivity (Wildman–Crippen MR) is 80.0 cm³/mol. The summed E-state index contributed by atoms with van der Waals surface area (Å²) in [5, 5.41) is 2.70. The van der Waals surface area contributed by atoms with Crippen molar-refractivity contribution in [1.82, 2.24) is 9.97 Å². The van der Waals surface area contributed by atoms with Crippen LogP contribution < -0.4 is 5.32 Å². The molecule has 0 bridgehead atoms. The summed E-state index contributed by atoms with van der Waals surface area (Å²) < 4.78 is 42.8. The van der Waals surface area contributed by atoms with Gasteiger partial charge in [-0.05, 0) is 18.6 Å². The first-order valence-electron chi connectivity index (χ1n) is 7.32. The molecule has 2 heterocycles. The number of ether oxygens (including phenoxy) is 1. The second-order valence-electron chi connectivity index (χ2n) is 5.42. The minimum Gasteiger partial charge on any atom is -0.381 e. The lowest BCUT2D eigenvalue weighted by molar-refractivity contribution is -0.137. The Morgan fingerprint density at radius 1 is 1.17 bits per heavy atom. The van der Waals surface area contributed by atoms with Crippen LogP contribution in [0.3, 0.4) is 0 Å². The second-order valence-corrected chi connectivity index (χ2v) is 5.42. The van der Waals surface area contributed by atoms with Gasteiger partial charge < -0.3 is 10.1 Å². The van der Waals surface area contributed by atoms with Crippen molar-refractivity contribution in [2.75, 3.05) is 18.5 Å². The summed E-state index contributed by atoms with van der Waals surface area (Å²) in [4.78, 5) is 20.1. The molecule has 0 saturated carbocycles. The number of hydrogen-bond donors (Lipinski definition) is 1. The first-order valence-corrected chi connectivity index (χ1v) is 7.32. The summed E-state index contributed by atoms with van der Waals surface area (Å²) in [6.45, 7) is 0.970. The molecule has 0 radical (unpaired) electrons. The van der Waals surface area contributed by atoms with Crippen LogP contribution in [0.15, 0.2) is 36.7 Å². The van der Waals surface area contributed by atoms with Crippen molar-refractivity contribution in [2.24, 2.45) is 5.92 Å². The minimum absolute atomic E-state index is 0.154. The summed E-state index contributed by atoms with van der Waals surface area (Å²) in [7, 11) is 0. The predicted octanol–water partition coefficient (Wildman–Crippen LogP) is 3.14. The third-order valence-corrected chi connectivity index (χ3v) is 3.69. The van der Waals surface area contributed by atoms with E-state index in [1.807, 2.05) is 0 Å². The van der Waals surface area contributed by atoms with E-state index >= 15 is 0 Å². The number of carbonyl (C=O) groups excluding carboxylic acids is 1. The molecular formula is C16H14F3N3O2. The fourth-order valence-corrected chi connectivity index (χ4v) is 2.34. The average molecular weight is 337 g/mol. The summed E-state index contributed by atoms with van der Waals surface area (Å²) in [5.74, 6) is -0.0520. The van der Waals surface area contributed by atoms with E-state index in [-0.39, 0.29) is 17.6 Å². The highest BCUT2D eigenvalue weighted by Crippen LogP contribution is 2.30. The zero-order chi connectivity index (χ0) is 17.2. The lowest BCUT2D eigenvalue weighted by Crippen LogP contribution is -2.22. The van der Waals surface area contributed by atoms with E-state index in [9.17, 15) is 18.0 Å². The Balaban J connectivity index is 1.69. The molecule has 1 aromatic heterocycles. The van der Waals surface area contributed by atoms with Crippen molar-refractivity contribution in [3.8, 4) is 11.4 Å². The Bertz CT molecular complexity index is 709. The lowest BCUT2D eigenvalue weighted by atomic mass is 10.1. The molecule has 2 aromatic rings. The number of aromatic nitrogens is 2. The highest BCUT2D eigenvalue weighted by atomic mass is 19.4. The van der Waals surface area contributed by atoms with E-state index < -0.39 is 11.7 Å². The molecule has 0 aliphatic carbocycles. The molecule has 1 aromatic carbocycles. The van der Waals surface area contributed by atoms with Crippen LogP contribution in [0.4, 0.5) is 18.9 Å². The second kappa shape index (κ2) is 6.56. The van der Waals surface area contributed by atoms with Crippen LogP contribution in [0, 0.1) is 5.92 Å². The molecule has 1 amide bonds. The number of nitrogens with zero attached hydrogens (tertiary/aromatic N) is 2. The summed E-state index contributed by atoms with van der Waals surface area (Å²) in [5.41, 5.74) is 0.168. The summed E-state index contributed by atoms with van der Waals surface area (Å²) in [6, 6.07) is 4.58. The average Bonchev–Trinajstić information content (AvgIpc) is 3.09. The van der Waals surface area contributed by atoms with Crippen molar-refractivity contribution >= 4 is 11.6 Å². The number of rotatable bonds is 3. The Kier molecular flexibility index (Phi) is 4.48. The van der Waals surface area contributed by atoms with Gasteiger partial charge in [-0.3, -0.25) is 4.79 Å². The van der Waals surface area contributed by atoms with Crippen LogP contribution in [-0.4, -0.2) is 29.1 Å². The highest BCUT2D eigenvalue weighted by Gasteiger charge is 2.30. The normalized spacial score (nSPS) is 17.7. The van der Waals surface area contributed by atoms with Gasteiger partial charge in [-0.2, -0.15) is 13.2 Å². The maximum atomic E-state index is 12.5. The number of anilines is 1. The van der Waals surface area contributed by atoms with Gasteiger partial charge in [-0.15, -0.1) is 0 Å². The maximum absolute atomic E-state index is 12.5. The number of halogens is 3. The fourth-order valence-electron chi connectivity index (χ4n) is 2.34. The largest absolute Gasteiger partial charge is 0.416 e. The minimum atomic E-state index is -4.38. The Morgan fingerprint density at radius 2 is 1.83 bits per heavy atom. The van der Waals surface area contributed by atoms with E-state index in [4.69, 9.17) is 4.74 Å². The Labute approximate surface area is 135 Å². The van der Waals surface area contributed by atoms with Gasteiger partial charge in [0.2, 0.25) is 5.91 Å². The van der Waals surface area contributed by atoms with E-state index in [0.29, 0.717) is 30.9 Å². The van der Waals surface area contributed by atoms with E-state index in [0.717, 1.165) is 12.1 Å². The fraction of sp³-hybridized carbons (Fsp3) is 0.312. The molecule has 24 heavy (non-hydrogen) atoms.